The fraction of sp³-hybridized carbons (Fsp3) is 0.625. The zero-order valence-electron chi connectivity index (χ0n) is 14.6. The molecule has 0 radical (unpaired) electrons. The monoisotopic (exact) mass is 438 g/mol. The van der Waals surface area contributed by atoms with Crippen LogP contribution in [0.5, 0.6) is 11.5 Å². The van der Waals surface area contributed by atoms with E-state index in [1.165, 1.54) is 14.2 Å². The van der Waals surface area contributed by atoms with Crippen molar-refractivity contribution in [1.82, 2.24) is 10.2 Å². The van der Waals surface area contributed by atoms with E-state index in [2.05, 4.69) is 5.32 Å². The molecule has 1 heterocycles. The van der Waals surface area contributed by atoms with Gasteiger partial charge in [-0.2, -0.15) is 13.2 Å². The first-order valence-corrected chi connectivity index (χ1v) is 8.17. The summed E-state index contributed by atoms with van der Waals surface area (Å²) in [6.07, 6.45) is -5.10. The maximum absolute atomic E-state index is 12.8. The second-order valence-corrected chi connectivity index (χ2v) is 6.04. The molecule has 0 amide bonds. The molecule has 0 saturated carbocycles. The number of piperazine rings is 1. The van der Waals surface area contributed by atoms with E-state index in [9.17, 15) is 13.2 Å². The van der Waals surface area contributed by atoms with Gasteiger partial charge in [-0.1, -0.05) is 17.7 Å². The summed E-state index contributed by atoms with van der Waals surface area (Å²) in [4.78, 5) is 2.04. The van der Waals surface area contributed by atoms with Gasteiger partial charge in [-0.25, -0.2) is 0 Å². The molecule has 0 spiro atoms. The number of halogens is 6. The standard InChI is InChI=1S/C16H22ClF3N2O2.2ClH/c1-23-13-4-3-11(14(17)15(13)24-2)12(5-6-16(18,19)20)22-9-7-21-8-10-22;;/h3-4,12,21H,5-10H2,1-2H3;2*1H/t12-;;/m1../s1. The Kier molecular flexibility index (Phi) is 11.0. The summed E-state index contributed by atoms with van der Waals surface area (Å²) in [5.74, 6) is 0.810. The van der Waals surface area contributed by atoms with E-state index < -0.39 is 18.6 Å². The largest absolute Gasteiger partial charge is 0.493 e. The number of hydrogen-bond donors (Lipinski definition) is 1. The van der Waals surface area contributed by atoms with Gasteiger partial charge in [-0.3, -0.25) is 4.90 Å². The number of nitrogens with one attached hydrogen (secondary N) is 1. The first-order chi connectivity index (χ1) is 11.4. The zero-order chi connectivity index (χ0) is 17.7. The fourth-order valence-electron chi connectivity index (χ4n) is 2.99. The molecule has 0 aliphatic carbocycles. The highest BCUT2D eigenvalue weighted by atomic mass is 35.5. The zero-order valence-corrected chi connectivity index (χ0v) is 17.0. The number of hydrogen-bond acceptors (Lipinski definition) is 4. The third-order valence-electron chi connectivity index (χ3n) is 4.17. The van der Waals surface area contributed by atoms with Gasteiger partial charge in [-0.15, -0.1) is 24.8 Å². The van der Waals surface area contributed by atoms with Crippen molar-refractivity contribution in [3.63, 3.8) is 0 Å². The number of alkyl halides is 3. The molecule has 1 aromatic carbocycles. The van der Waals surface area contributed by atoms with Crippen molar-refractivity contribution in [2.24, 2.45) is 0 Å². The summed E-state index contributed by atoms with van der Waals surface area (Å²) in [7, 11) is 2.95. The third kappa shape index (κ3) is 6.53. The average Bonchev–Trinajstić information content (AvgIpc) is 2.56. The van der Waals surface area contributed by atoms with Crippen LogP contribution < -0.4 is 14.8 Å². The molecule has 1 saturated heterocycles. The SMILES string of the molecule is COc1ccc([C@@H](CCC(F)(F)F)N2CCNCC2)c(Cl)c1OC.Cl.Cl. The summed E-state index contributed by atoms with van der Waals surface area (Å²) in [5.41, 5.74) is 0.639. The lowest BCUT2D eigenvalue weighted by molar-refractivity contribution is -0.138. The Hall–Kier alpha value is -0.600. The van der Waals surface area contributed by atoms with Gasteiger partial charge in [0.1, 0.15) is 0 Å². The average molecular weight is 440 g/mol. The number of nitrogens with zero attached hydrogens (tertiary/aromatic N) is 1. The lowest BCUT2D eigenvalue weighted by Gasteiger charge is -2.36. The van der Waals surface area contributed by atoms with Crippen LogP contribution in [0.4, 0.5) is 13.2 Å². The second kappa shape index (κ2) is 11.3. The predicted molar refractivity (Wildman–Crippen MR) is 102 cm³/mol. The van der Waals surface area contributed by atoms with Gasteiger partial charge in [0.25, 0.3) is 0 Å². The minimum atomic E-state index is -4.20. The lowest BCUT2D eigenvalue weighted by Crippen LogP contribution is -2.45. The normalized spacial score (nSPS) is 16.2. The van der Waals surface area contributed by atoms with Crippen molar-refractivity contribution in [2.45, 2.75) is 25.1 Å². The number of ether oxygens (including phenoxy) is 2. The van der Waals surface area contributed by atoms with Gasteiger partial charge in [0, 0.05) is 38.6 Å². The number of methoxy groups -OCH3 is 2. The fourth-order valence-corrected chi connectivity index (χ4v) is 3.35. The van der Waals surface area contributed by atoms with Gasteiger partial charge in [0.05, 0.1) is 19.2 Å². The summed E-state index contributed by atoms with van der Waals surface area (Å²) < 4.78 is 48.7. The van der Waals surface area contributed by atoms with Crippen LogP contribution in [0.25, 0.3) is 0 Å². The molecule has 1 aliphatic rings. The molecule has 1 N–H and O–H groups in total. The molecule has 26 heavy (non-hydrogen) atoms. The molecule has 1 aliphatic heterocycles. The highest BCUT2D eigenvalue weighted by Crippen LogP contribution is 2.43. The second-order valence-electron chi connectivity index (χ2n) is 5.66. The molecule has 10 heteroatoms. The Morgan fingerprint density at radius 1 is 1.15 bits per heavy atom. The van der Waals surface area contributed by atoms with Crippen molar-refractivity contribution in [1.29, 1.82) is 0 Å². The molecule has 0 aromatic heterocycles. The van der Waals surface area contributed by atoms with E-state index in [1.54, 1.807) is 12.1 Å². The van der Waals surface area contributed by atoms with Crippen molar-refractivity contribution in [2.75, 3.05) is 40.4 Å². The van der Waals surface area contributed by atoms with E-state index in [1.807, 2.05) is 4.90 Å². The Bertz CT molecular complexity index is 556. The summed E-state index contributed by atoms with van der Waals surface area (Å²) in [5, 5.41) is 3.52. The van der Waals surface area contributed by atoms with Gasteiger partial charge in [-0.05, 0) is 18.1 Å². The Balaban J connectivity index is 0.00000312. The predicted octanol–water partition coefficient (Wildman–Crippen LogP) is 4.49. The number of rotatable bonds is 6. The topological polar surface area (TPSA) is 33.7 Å². The van der Waals surface area contributed by atoms with Crippen LogP contribution in [-0.4, -0.2) is 51.5 Å². The van der Waals surface area contributed by atoms with E-state index >= 15 is 0 Å². The quantitative estimate of drug-likeness (QED) is 0.708. The Labute approximate surface area is 169 Å². The highest BCUT2D eigenvalue weighted by Gasteiger charge is 2.33. The molecule has 152 valence electrons. The third-order valence-corrected chi connectivity index (χ3v) is 4.56. The Morgan fingerprint density at radius 2 is 1.77 bits per heavy atom. The van der Waals surface area contributed by atoms with E-state index in [0.29, 0.717) is 35.2 Å². The molecule has 1 aromatic rings. The molecule has 0 unspecified atom stereocenters. The highest BCUT2D eigenvalue weighted by molar-refractivity contribution is 6.33. The van der Waals surface area contributed by atoms with Gasteiger partial charge in [0.2, 0.25) is 0 Å². The van der Waals surface area contributed by atoms with Crippen molar-refractivity contribution in [3.8, 4) is 11.5 Å². The minimum absolute atomic E-state index is 0. The maximum Gasteiger partial charge on any atom is 0.389 e. The van der Waals surface area contributed by atoms with Gasteiger partial charge >= 0.3 is 6.18 Å². The minimum Gasteiger partial charge on any atom is -0.493 e. The van der Waals surface area contributed by atoms with Crippen LogP contribution >= 0.6 is 36.4 Å². The van der Waals surface area contributed by atoms with Crippen LogP contribution in [-0.2, 0) is 0 Å². The first-order valence-electron chi connectivity index (χ1n) is 7.79. The number of benzene rings is 1. The molecule has 2 rings (SSSR count). The molecule has 1 fully saturated rings. The van der Waals surface area contributed by atoms with Gasteiger partial charge in [0.15, 0.2) is 11.5 Å². The van der Waals surface area contributed by atoms with Crippen molar-refractivity contribution >= 4 is 36.4 Å². The van der Waals surface area contributed by atoms with Crippen LogP contribution in [0.2, 0.25) is 5.02 Å². The molecule has 1 atom stereocenters. The summed E-state index contributed by atoms with van der Waals surface area (Å²) in [6, 6.07) is 3.00. The van der Waals surface area contributed by atoms with Crippen LogP contribution in [0.1, 0.15) is 24.4 Å². The maximum atomic E-state index is 12.8. The van der Waals surface area contributed by atoms with E-state index in [0.717, 1.165) is 13.1 Å². The van der Waals surface area contributed by atoms with Crippen LogP contribution in [0, 0.1) is 0 Å². The smallest absolute Gasteiger partial charge is 0.389 e. The molecular weight excluding hydrogens is 416 g/mol. The Morgan fingerprint density at radius 3 is 2.27 bits per heavy atom. The van der Waals surface area contributed by atoms with Gasteiger partial charge < -0.3 is 14.8 Å². The summed E-state index contributed by atoms with van der Waals surface area (Å²) in [6.45, 7) is 2.83. The van der Waals surface area contributed by atoms with Crippen molar-refractivity contribution in [3.05, 3.63) is 22.7 Å². The molecule has 4 nitrogen and oxygen atoms in total. The van der Waals surface area contributed by atoms with Crippen LogP contribution in [0.3, 0.4) is 0 Å². The summed E-state index contributed by atoms with van der Waals surface area (Å²) >= 11 is 6.43. The first kappa shape index (κ1) is 25.4. The van der Waals surface area contributed by atoms with Crippen LogP contribution in [0.15, 0.2) is 12.1 Å². The molecular formula is C16H24Cl3F3N2O2. The molecule has 0 bridgehead atoms. The lowest BCUT2D eigenvalue weighted by atomic mass is 9.98. The van der Waals surface area contributed by atoms with Crippen molar-refractivity contribution < 1.29 is 22.6 Å². The van der Waals surface area contributed by atoms with E-state index in [-0.39, 0.29) is 31.2 Å². The van der Waals surface area contributed by atoms with E-state index in [4.69, 9.17) is 21.1 Å².